The number of rotatable bonds is 3. The van der Waals surface area contributed by atoms with E-state index in [1.165, 1.54) is 6.07 Å². The molecular weight excluding hydrogens is 325 g/mol. The first-order chi connectivity index (χ1) is 10.8. The number of aliphatic imine (C=N–C) groups is 1. The van der Waals surface area contributed by atoms with Gasteiger partial charge in [-0.3, -0.25) is 10.4 Å². The van der Waals surface area contributed by atoms with Crippen LogP contribution in [0.25, 0.3) is 0 Å². The van der Waals surface area contributed by atoms with Gasteiger partial charge >= 0.3 is 6.18 Å². The first kappa shape index (κ1) is 17.5. The second-order valence-corrected chi connectivity index (χ2v) is 6.09. The molecule has 0 atom stereocenters. The lowest BCUT2D eigenvalue weighted by Crippen LogP contribution is -2.34. The van der Waals surface area contributed by atoms with E-state index in [0.29, 0.717) is 35.5 Å². The first-order valence-electron chi connectivity index (χ1n) is 7.32. The van der Waals surface area contributed by atoms with Crippen LogP contribution in [0.1, 0.15) is 25.8 Å². The number of alkyl halides is 3. The Kier molecular flexibility index (Phi) is 5.46. The van der Waals surface area contributed by atoms with Crippen LogP contribution in [0.4, 0.5) is 18.9 Å². The Morgan fingerprint density at radius 2 is 2.17 bits per heavy atom. The van der Waals surface area contributed by atoms with Gasteiger partial charge in [0.1, 0.15) is 5.84 Å². The number of hydrazine groups is 1. The predicted octanol–water partition coefficient (Wildman–Crippen LogP) is 3.35. The van der Waals surface area contributed by atoms with E-state index in [1.807, 2.05) is 0 Å². The van der Waals surface area contributed by atoms with Gasteiger partial charge in [0.25, 0.3) is 0 Å². The molecule has 0 aliphatic carbocycles. The normalized spacial score (nSPS) is 16.8. The highest BCUT2D eigenvalue weighted by atomic mass is 32.1. The molecule has 0 aromatic heterocycles. The predicted molar refractivity (Wildman–Crippen MR) is 89.4 cm³/mol. The number of amidine groups is 1. The average molecular weight is 344 g/mol. The number of nitrogens with zero attached hydrogens (tertiary/aromatic N) is 2. The molecule has 1 aromatic rings. The van der Waals surface area contributed by atoms with Crippen molar-refractivity contribution in [1.82, 2.24) is 10.7 Å². The fourth-order valence-electron chi connectivity index (χ4n) is 2.06. The third kappa shape index (κ3) is 5.09. The van der Waals surface area contributed by atoms with Crippen LogP contribution < -0.4 is 15.8 Å². The third-order valence-electron chi connectivity index (χ3n) is 3.22. The molecule has 1 aromatic carbocycles. The van der Waals surface area contributed by atoms with Crippen LogP contribution in [0, 0.1) is 5.92 Å². The molecule has 126 valence electrons. The summed E-state index contributed by atoms with van der Waals surface area (Å²) in [6.07, 6.45) is -3.76. The number of nitrogens with one attached hydrogen (secondary N) is 2. The molecule has 0 spiro atoms. The minimum atomic E-state index is -4.35. The van der Waals surface area contributed by atoms with Gasteiger partial charge in [0.15, 0.2) is 5.11 Å². The molecule has 2 N–H and O–H groups in total. The molecule has 1 saturated heterocycles. The Hall–Kier alpha value is -1.83. The lowest BCUT2D eigenvalue weighted by molar-refractivity contribution is -0.137. The van der Waals surface area contributed by atoms with Crippen LogP contribution in [0.15, 0.2) is 29.3 Å². The van der Waals surface area contributed by atoms with Gasteiger partial charge in [-0.2, -0.15) is 13.2 Å². The van der Waals surface area contributed by atoms with Crippen molar-refractivity contribution in [3.8, 4) is 0 Å². The van der Waals surface area contributed by atoms with Gasteiger partial charge in [-0.1, -0.05) is 19.9 Å². The lowest BCUT2D eigenvalue weighted by Gasteiger charge is -2.19. The molecule has 1 heterocycles. The summed E-state index contributed by atoms with van der Waals surface area (Å²) in [6.45, 7) is 5.39. The third-order valence-corrected chi connectivity index (χ3v) is 3.46. The Balaban J connectivity index is 2.01. The molecular formula is C15H19F3N4S. The number of hydrogen-bond acceptors (Lipinski definition) is 2. The maximum absolute atomic E-state index is 12.8. The number of benzene rings is 1. The van der Waals surface area contributed by atoms with E-state index in [1.54, 1.807) is 11.1 Å². The zero-order valence-corrected chi connectivity index (χ0v) is 13.8. The summed E-state index contributed by atoms with van der Waals surface area (Å²) in [4.78, 5) is 4.26. The fraction of sp³-hybridized carbons (Fsp3) is 0.467. The van der Waals surface area contributed by atoms with Crippen molar-refractivity contribution in [2.45, 2.75) is 26.4 Å². The Bertz CT molecular complexity index is 599. The highest BCUT2D eigenvalue weighted by Gasteiger charge is 2.31. The largest absolute Gasteiger partial charge is 0.416 e. The van der Waals surface area contributed by atoms with Crippen molar-refractivity contribution >= 4 is 28.9 Å². The molecule has 2 rings (SSSR count). The summed E-state index contributed by atoms with van der Waals surface area (Å²) in [5, 5.41) is 5.05. The van der Waals surface area contributed by atoms with Gasteiger partial charge in [-0.25, -0.2) is 4.99 Å². The quantitative estimate of drug-likeness (QED) is 0.825. The minimum absolute atomic E-state index is 0.382. The maximum atomic E-state index is 12.8. The summed E-state index contributed by atoms with van der Waals surface area (Å²) in [5.41, 5.74) is 2.77. The van der Waals surface area contributed by atoms with E-state index < -0.39 is 11.7 Å². The summed E-state index contributed by atoms with van der Waals surface area (Å²) in [7, 11) is 0. The van der Waals surface area contributed by atoms with E-state index >= 15 is 0 Å². The van der Waals surface area contributed by atoms with E-state index in [2.05, 4.69) is 29.6 Å². The van der Waals surface area contributed by atoms with Crippen LogP contribution in [-0.4, -0.2) is 24.0 Å². The second kappa shape index (κ2) is 7.16. The maximum Gasteiger partial charge on any atom is 0.416 e. The van der Waals surface area contributed by atoms with Crippen molar-refractivity contribution < 1.29 is 13.2 Å². The Morgan fingerprint density at radius 3 is 2.83 bits per heavy atom. The second-order valence-electron chi connectivity index (χ2n) is 5.70. The number of thiocarbonyl (C=S) groups is 1. The molecule has 8 heteroatoms. The summed E-state index contributed by atoms with van der Waals surface area (Å²) < 4.78 is 38.3. The SMILES string of the molecule is CC(C)CNC(=S)N=C1CCN(c2cccc(C(F)(F)F)c2)N1. The van der Waals surface area contributed by atoms with E-state index in [-0.39, 0.29) is 0 Å². The highest BCUT2D eigenvalue weighted by Crippen LogP contribution is 2.31. The molecule has 1 aliphatic rings. The van der Waals surface area contributed by atoms with Crippen LogP contribution in [-0.2, 0) is 6.18 Å². The number of halogens is 3. The van der Waals surface area contributed by atoms with Gasteiger partial charge in [0.05, 0.1) is 11.3 Å². The molecule has 0 saturated carbocycles. The van der Waals surface area contributed by atoms with Gasteiger partial charge in [0.2, 0.25) is 0 Å². The highest BCUT2D eigenvalue weighted by molar-refractivity contribution is 7.80. The summed E-state index contributed by atoms with van der Waals surface area (Å²) in [5.74, 6) is 1.09. The first-order valence-corrected chi connectivity index (χ1v) is 7.73. The Morgan fingerprint density at radius 1 is 1.43 bits per heavy atom. The molecule has 0 amide bonds. The molecule has 1 fully saturated rings. The standard InChI is InChI=1S/C15H19F3N4S/c1-10(2)9-19-14(23)20-13-6-7-22(21-13)12-5-3-4-11(8-12)15(16,17)18/h3-5,8,10H,6-7,9H2,1-2H3,(H2,19,20,21,23). The molecule has 0 unspecified atom stereocenters. The summed E-state index contributed by atoms with van der Waals surface area (Å²) in [6, 6.07) is 5.19. The van der Waals surface area contributed by atoms with Gasteiger partial charge in [-0.15, -0.1) is 0 Å². The molecule has 0 radical (unpaired) electrons. The van der Waals surface area contributed by atoms with Crippen LogP contribution >= 0.6 is 12.2 Å². The van der Waals surface area contributed by atoms with Crippen molar-refractivity contribution in [3.05, 3.63) is 29.8 Å². The number of anilines is 1. The fourth-order valence-corrected chi connectivity index (χ4v) is 2.26. The smallest absolute Gasteiger partial charge is 0.361 e. The van der Waals surface area contributed by atoms with Crippen LogP contribution in [0.2, 0.25) is 0 Å². The minimum Gasteiger partial charge on any atom is -0.361 e. The molecule has 1 aliphatic heterocycles. The van der Waals surface area contributed by atoms with Crippen molar-refractivity contribution in [2.24, 2.45) is 10.9 Å². The van der Waals surface area contributed by atoms with Crippen molar-refractivity contribution in [3.63, 3.8) is 0 Å². The monoisotopic (exact) mass is 344 g/mol. The van der Waals surface area contributed by atoms with E-state index in [4.69, 9.17) is 12.2 Å². The zero-order chi connectivity index (χ0) is 17.0. The average Bonchev–Trinajstić information content (AvgIpc) is 2.93. The van der Waals surface area contributed by atoms with E-state index in [9.17, 15) is 13.2 Å². The van der Waals surface area contributed by atoms with E-state index in [0.717, 1.165) is 18.7 Å². The molecule has 4 nitrogen and oxygen atoms in total. The van der Waals surface area contributed by atoms with Gasteiger partial charge in [0, 0.05) is 19.5 Å². The van der Waals surface area contributed by atoms with Crippen LogP contribution in [0.5, 0.6) is 0 Å². The van der Waals surface area contributed by atoms with Gasteiger partial charge in [-0.05, 0) is 36.3 Å². The Labute approximate surface area is 138 Å². The lowest BCUT2D eigenvalue weighted by atomic mass is 10.2. The molecule has 23 heavy (non-hydrogen) atoms. The molecule has 0 bridgehead atoms. The van der Waals surface area contributed by atoms with Crippen molar-refractivity contribution in [2.75, 3.05) is 18.1 Å². The van der Waals surface area contributed by atoms with Crippen LogP contribution in [0.3, 0.4) is 0 Å². The number of hydrogen-bond donors (Lipinski definition) is 2. The topological polar surface area (TPSA) is 39.7 Å². The van der Waals surface area contributed by atoms with Gasteiger partial charge < -0.3 is 5.32 Å². The summed E-state index contributed by atoms with van der Waals surface area (Å²) >= 11 is 5.13. The zero-order valence-electron chi connectivity index (χ0n) is 12.9. The van der Waals surface area contributed by atoms with Crippen molar-refractivity contribution in [1.29, 1.82) is 0 Å².